The second-order valence-corrected chi connectivity index (χ2v) is 12.2. The molecular formula is C29H44O2. The molecule has 0 bridgehead atoms. The van der Waals surface area contributed by atoms with Gasteiger partial charge in [0.25, 0.3) is 0 Å². The van der Waals surface area contributed by atoms with Crippen molar-refractivity contribution in [3.05, 3.63) is 24.3 Å². The van der Waals surface area contributed by atoms with E-state index in [9.17, 15) is 9.59 Å². The summed E-state index contributed by atoms with van der Waals surface area (Å²) in [5, 5.41) is 0. The summed E-state index contributed by atoms with van der Waals surface area (Å²) in [7, 11) is 0. The van der Waals surface area contributed by atoms with E-state index in [2.05, 4.69) is 53.3 Å². The minimum atomic E-state index is 0.00605. The standard InChI is InChI=1S/C29H44O2/c1-7-20(18(2)3)9-8-19(4)23-10-11-24-22-17-27(31)26-16-21(30)12-14-29(26,6)25(22)13-15-28(23,24)5/h8-9,19-20,22-26H,2,7,10-17H2,1,3-6H3. The van der Waals surface area contributed by atoms with Gasteiger partial charge in [-0.25, -0.2) is 0 Å². The van der Waals surface area contributed by atoms with Gasteiger partial charge >= 0.3 is 0 Å². The lowest BCUT2D eigenvalue weighted by Crippen LogP contribution is -2.56. The predicted octanol–water partition coefficient (Wildman–Crippen LogP) is 7.19. The highest BCUT2D eigenvalue weighted by Crippen LogP contribution is 2.67. The number of rotatable bonds is 5. The minimum Gasteiger partial charge on any atom is -0.300 e. The predicted molar refractivity (Wildman–Crippen MR) is 128 cm³/mol. The number of hydrogen-bond donors (Lipinski definition) is 0. The molecule has 4 aliphatic carbocycles. The molecule has 0 heterocycles. The van der Waals surface area contributed by atoms with Gasteiger partial charge in [-0.2, -0.15) is 0 Å². The van der Waals surface area contributed by atoms with E-state index >= 15 is 0 Å². The summed E-state index contributed by atoms with van der Waals surface area (Å²) in [6.45, 7) is 15.9. The van der Waals surface area contributed by atoms with Gasteiger partial charge < -0.3 is 0 Å². The highest BCUT2D eigenvalue weighted by Gasteiger charge is 2.62. The number of Topliss-reactive ketones (excluding diaryl/α,β-unsaturated/α-hetero) is 2. The lowest BCUT2D eigenvalue weighted by molar-refractivity contribution is -0.158. The maximum Gasteiger partial charge on any atom is 0.137 e. The van der Waals surface area contributed by atoms with Crippen molar-refractivity contribution in [2.24, 2.45) is 52.3 Å². The van der Waals surface area contributed by atoms with Gasteiger partial charge in [0, 0.05) is 25.2 Å². The summed E-state index contributed by atoms with van der Waals surface area (Å²) in [6.07, 6.45) is 14.0. The van der Waals surface area contributed by atoms with Crippen LogP contribution < -0.4 is 0 Å². The van der Waals surface area contributed by atoms with Gasteiger partial charge in [0.1, 0.15) is 11.6 Å². The first-order chi connectivity index (χ1) is 14.6. The van der Waals surface area contributed by atoms with Crippen LogP contribution in [0.1, 0.15) is 92.4 Å². The Morgan fingerprint density at radius 2 is 1.77 bits per heavy atom. The summed E-state index contributed by atoms with van der Waals surface area (Å²) >= 11 is 0. The third kappa shape index (κ3) is 3.70. The number of ketones is 2. The molecule has 0 amide bonds. The molecule has 4 aliphatic rings. The average Bonchev–Trinajstić information content (AvgIpc) is 3.07. The molecule has 172 valence electrons. The van der Waals surface area contributed by atoms with Crippen molar-refractivity contribution in [2.75, 3.05) is 0 Å². The molecule has 9 unspecified atom stereocenters. The van der Waals surface area contributed by atoms with Crippen LogP contribution in [0.3, 0.4) is 0 Å². The van der Waals surface area contributed by atoms with E-state index in [1.54, 1.807) is 0 Å². The molecule has 0 N–H and O–H groups in total. The van der Waals surface area contributed by atoms with Crippen LogP contribution in [0.25, 0.3) is 0 Å². The molecule has 4 rings (SSSR count). The van der Waals surface area contributed by atoms with Gasteiger partial charge in [-0.05, 0) is 91.8 Å². The van der Waals surface area contributed by atoms with E-state index in [1.807, 2.05) is 0 Å². The summed E-state index contributed by atoms with van der Waals surface area (Å²) in [4.78, 5) is 25.4. The highest BCUT2D eigenvalue weighted by atomic mass is 16.1. The maximum atomic E-state index is 13.2. The second kappa shape index (κ2) is 8.31. The van der Waals surface area contributed by atoms with Gasteiger partial charge in [-0.15, -0.1) is 0 Å². The molecule has 4 saturated carbocycles. The molecule has 0 aliphatic heterocycles. The SMILES string of the molecule is C=C(C)C(C=CC(C)C1CCC2C3CC(=O)C4CC(=O)CCC4(C)C3CCC12C)CC. The van der Waals surface area contributed by atoms with Crippen LogP contribution in [0.4, 0.5) is 0 Å². The monoisotopic (exact) mass is 424 g/mol. The van der Waals surface area contributed by atoms with Crippen molar-refractivity contribution in [1.29, 1.82) is 0 Å². The average molecular weight is 425 g/mol. The molecule has 2 nitrogen and oxygen atoms in total. The van der Waals surface area contributed by atoms with Crippen LogP contribution in [-0.4, -0.2) is 11.6 Å². The topological polar surface area (TPSA) is 34.1 Å². The Kier molecular flexibility index (Phi) is 6.16. The maximum absolute atomic E-state index is 13.2. The fraction of sp³-hybridized carbons (Fsp3) is 0.793. The van der Waals surface area contributed by atoms with Gasteiger partial charge in [0.15, 0.2) is 0 Å². The second-order valence-electron chi connectivity index (χ2n) is 12.2. The van der Waals surface area contributed by atoms with Crippen LogP contribution >= 0.6 is 0 Å². The Balaban J connectivity index is 1.54. The summed E-state index contributed by atoms with van der Waals surface area (Å²) in [5.41, 5.74) is 1.68. The normalized spacial score (nSPS) is 44.5. The van der Waals surface area contributed by atoms with E-state index in [-0.39, 0.29) is 11.3 Å². The minimum absolute atomic E-state index is 0.00605. The molecule has 0 saturated heterocycles. The first-order valence-corrected chi connectivity index (χ1v) is 13.0. The first kappa shape index (κ1) is 23.0. The van der Waals surface area contributed by atoms with Crippen molar-refractivity contribution in [3.8, 4) is 0 Å². The third-order valence-corrected chi connectivity index (χ3v) is 10.7. The Bertz CT molecular complexity index is 778. The van der Waals surface area contributed by atoms with E-state index in [0.29, 0.717) is 65.3 Å². The fourth-order valence-electron chi connectivity index (χ4n) is 8.83. The smallest absolute Gasteiger partial charge is 0.137 e. The number of allylic oxidation sites excluding steroid dienone is 3. The number of fused-ring (bicyclic) bond motifs is 5. The third-order valence-electron chi connectivity index (χ3n) is 10.7. The number of carbonyl (C=O) groups excluding carboxylic acids is 2. The fourth-order valence-corrected chi connectivity index (χ4v) is 8.83. The van der Waals surface area contributed by atoms with Crippen molar-refractivity contribution < 1.29 is 9.59 Å². The molecule has 0 radical (unpaired) electrons. The van der Waals surface area contributed by atoms with Crippen LogP contribution in [0, 0.1) is 52.3 Å². The van der Waals surface area contributed by atoms with Gasteiger partial charge in [-0.1, -0.05) is 52.0 Å². The molecular weight excluding hydrogens is 380 g/mol. The first-order valence-electron chi connectivity index (χ1n) is 13.0. The summed E-state index contributed by atoms with van der Waals surface area (Å²) in [6, 6.07) is 0. The Hall–Kier alpha value is -1.18. The molecule has 4 fully saturated rings. The number of hydrogen-bond acceptors (Lipinski definition) is 2. The highest BCUT2D eigenvalue weighted by molar-refractivity contribution is 5.90. The Morgan fingerprint density at radius 1 is 1.06 bits per heavy atom. The lowest BCUT2D eigenvalue weighted by atomic mass is 9.44. The van der Waals surface area contributed by atoms with Gasteiger partial charge in [0.2, 0.25) is 0 Å². The van der Waals surface area contributed by atoms with Gasteiger partial charge in [-0.3, -0.25) is 9.59 Å². The molecule has 0 aromatic carbocycles. The van der Waals surface area contributed by atoms with Crippen LogP contribution in [0.5, 0.6) is 0 Å². The summed E-state index contributed by atoms with van der Waals surface area (Å²) < 4.78 is 0. The van der Waals surface area contributed by atoms with E-state index in [0.717, 1.165) is 19.3 Å². The zero-order chi connectivity index (χ0) is 22.6. The summed E-state index contributed by atoms with van der Waals surface area (Å²) in [5.74, 6) is 4.37. The van der Waals surface area contributed by atoms with Gasteiger partial charge in [0.05, 0.1) is 0 Å². The number of carbonyl (C=O) groups is 2. The van der Waals surface area contributed by atoms with Crippen molar-refractivity contribution in [2.45, 2.75) is 92.4 Å². The Labute approximate surface area is 190 Å². The zero-order valence-corrected chi connectivity index (χ0v) is 20.6. The zero-order valence-electron chi connectivity index (χ0n) is 20.6. The lowest BCUT2D eigenvalue weighted by Gasteiger charge is -2.59. The van der Waals surface area contributed by atoms with E-state index in [4.69, 9.17) is 0 Å². The van der Waals surface area contributed by atoms with Crippen LogP contribution in [0.2, 0.25) is 0 Å². The van der Waals surface area contributed by atoms with Crippen molar-refractivity contribution in [1.82, 2.24) is 0 Å². The largest absolute Gasteiger partial charge is 0.300 e. The van der Waals surface area contributed by atoms with Crippen LogP contribution in [0.15, 0.2) is 24.3 Å². The molecule has 2 heteroatoms. The quantitative estimate of drug-likeness (QED) is 0.438. The molecule has 0 aromatic rings. The molecule has 0 spiro atoms. The van der Waals surface area contributed by atoms with Crippen molar-refractivity contribution >= 4 is 11.6 Å². The van der Waals surface area contributed by atoms with Crippen molar-refractivity contribution in [3.63, 3.8) is 0 Å². The molecule has 9 atom stereocenters. The molecule has 0 aromatic heterocycles. The molecule has 31 heavy (non-hydrogen) atoms. The Morgan fingerprint density at radius 3 is 2.45 bits per heavy atom. The van der Waals surface area contributed by atoms with Crippen LogP contribution in [-0.2, 0) is 9.59 Å². The van der Waals surface area contributed by atoms with E-state index in [1.165, 1.54) is 31.3 Å². The van der Waals surface area contributed by atoms with E-state index < -0.39 is 0 Å².